The molecule has 0 atom stereocenters. The fourth-order valence-corrected chi connectivity index (χ4v) is 4.29. The molecule has 1 aliphatic rings. The van der Waals surface area contributed by atoms with Crippen molar-refractivity contribution in [2.45, 2.75) is 26.7 Å². The third-order valence-electron chi connectivity index (χ3n) is 4.02. The SMILES string of the molecule is Cc1cc(C)n(-c2cncc(NCC3(CS(C)(=O)=O)CC3)n2)n1. The highest BCUT2D eigenvalue weighted by Gasteiger charge is 2.45. The molecule has 0 spiro atoms. The maximum atomic E-state index is 11.5. The van der Waals surface area contributed by atoms with Crippen LogP contribution in [0.4, 0.5) is 5.82 Å². The minimum Gasteiger partial charge on any atom is -0.368 e. The zero-order valence-corrected chi connectivity index (χ0v) is 14.4. The van der Waals surface area contributed by atoms with E-state index < -0.39 is 9.84 Å². The summed E-state index contributed by atoms with van der Waals surface area (Å²) in [5.74, 6) is 1.50. The lowest BCUT2D eigenvalue weighted by atomic mass is 10.1. The molecule has 0 aromatic carbocycles. The average Bonchev–Trinajstić information content (AvgIpc) is 3.11. The van der Waals surface area contributed by atoms with Crippen LogP contribution in [-0.4, -0.2) is 46.7 Å². The minimum atomic E-state index is -2.97. The number of anilines is 1. The first-order valence-corrected chi connectivity index (χ1v) is 9.60. The third-order valence-corrected chi connectivity index (χ3v) is 5.16. The molecule has 7 nitrogen and oxygen atoms in total. The van der Waals surface area contributed by atoms with Crippen LogP contribution in [0.15, 0.2) is 18.5 Å². The van der Waals surface area contributed by atoms with Gasteiger partial charge >= 0.3 is 0 Å². The van der Waals surface area contributed by atoms with E-state index in [2.05, 4.69) is 20.4 Å². The van der Waals surface area contributed by atoms with E-state index in [1.165, 1.54) is 6.26 Å². The van der Waals surface area contributed by atoms with Crippen LogP contribution in [0.3, 0.4) is 0 Å². The van der Waals surface area contributed by atoms with Crippen LogP contribution in [0.1, 0.15) is 24.2 Å². The van der Waals surface area contributed by atoms with Gasteiger partial charge in [-0.2, -0.15) is 5.10 Å². The van der Waals surface area contributed by atoms with E-state index in [-0.39, 0.29) is 11.2 Å². The molecule has 0 aliphatic heterocycles. The van der Waals surface area contributed by atoms with Crippen molar-refractivity contribution in [2.24, 2.45) is 5.41 Å². The average molecular weight is 335 g/mol. The van der Waals surface area contributed by atoms with Crippen LogP contribution in [0.2, 0.25) is 0 Å². The zero-order valence-electron chi connectivity index (χ0n) is 13.6. The van der Waals surface area contributed by atoms with Gasteiger partial charge in [0.15, 0.2) is 5.82 Å². The molecule has 8 heteroatoms. The van der Waals surface area contributed by atoms with Crippen molar-refractivity contribution in [3.63, 3.8) is 0 Å². The number of nitrogens with one attached hydrogen (secondary N) is 1. The van der Waals surface area contributed by atoms with Gasteiger partial charge in [-0.15, -0.1) is 0 Å². The highest BCUT2D eigenvalue weighted by molar-refractivity contribution is 7.90. The summed E-state index contributed by atoms with van der Waals surface area (Å²) < 4.78 is 24.8. The molecular formula is C15H21N5O2S. The number of sulfone groups is 1. The van der Waals surface area contributed by atoms with Crippen molar-refractivity contribution in [3.05, 3.63) is 29.8 Å². The molecule has 124 valence electrons. The second kappa shape index (κ2) is 5.59. The Morgan fingerprint density at radius 2 is 2.04 bits per heavy atom. The summed E-state index contributed by atoms with van der Waals surface area (Å²) in [6.45, 7) is 4.49. The number of hydrogen-bond donors (Lipinski definition) is 1. The lowest BCUT2D eigenvalue weighted by Gasteiger charge is -2.15. The second-order valence-corrected chi connectivity index (χ2v) is 8.67. The van der Waals surface area contributed by atoms with E-state index in [0.29, 0.717) is 18.2 Å². The first-order chi connectivity index (χ1) is 10.8. The normalized spacial score (nSPS) is 16.3. The van der Waals surface area contributed by atoms with E-state index in [4.69, 9.17) is 0 Å². The third kappa shape index (κ3) is 3.87. The summed E-state index contributed by atoms with van der Waals surface area (Å²) in [7, 11) is -2.97. The molecule has 1 N–H and O–H groups in total. The largest absolute Gasteiger partial charge is 0.368 e. The quantitative estimate of drug-likeness (QED) is 0.861. The summed E-state index contributed by atoms with van der Waals surface area (Å²) >= 11 is 0. The molecule has 0 unspecified atom stereocenters. The van der Waals surface area contributed by atoms with Crippen LogP contribution < -0.4 is 5.32 Å². The van der Waals surface area contributed by atoms with E-state index in [9.17, 15) is 8.42 Å². The van der Waals surface area contributed by atoms with Gasteiger partial charge in [0.2, 0.25) is 0 Å². The fourth-order valence-electron chi connectivity index (χ4n) is 2.79. The highest BCUT2D eigenvalue weighted by atomic mass is 32.2. The van der Waals surface area contributed by atoms with Gasteiger partial charge in [-0.05, 0) is 32.8 Å². The van der Waals surface area contributed by atoms with Crippen molar-refractivity contribution in [3.8, 4) is 5.82 Å². The van der Waals surface area contributed by atoms with Crippen molar-refractivity contribution >= 4 is 15.7 Å². The lowest BCUT2D eigenvalue weighted by molar-refractivity contribution is 0.560. The molecule has 1 saturated carbocycles. The summed E-state index contributed by atoms with van der Waals surface area (Å²) in [4.78, 5) is 8.72. The molecule has 23 heavy (non-hydrogen) atoms. The van der Waals surface area contributed by atoms with Crippen LogP contribution in [0, 0.1) is 19.3 Å². The van der Waals surface area contributed by atoms with Gasteiger partial charge < -0.3 is 5.32 Å². The highest BCUT2D eigenvalue weighted by Crippen LogP contribution is 2.46. The summed E-state index contributed by atoms with van der Waals surface area (Å²) in [5.41, 5.74) is 1.76. The number of rotatable bonds is 6. The maximum Gasteiger partial charge on any atom is 0.174 e. The number of hydrogen-bond acceptors (Lipinski definition) is 6. The molecular weight excluding hydrogens is 314 g/mol. The van der Waals surface area contributed by atoms with Gasteiger partial charge in [-0.1, -0.05) is 0 Å². The first kappa shape index (κ1) is 15.9. The first-order valence-electron chi connectivity index (χ1n) is 7.54. The Kier molecular flexibility index (Phi) is 3.87. The van der Waals surface area contributed by atoms with Crippen molar-refractivity contribution in [1.82, 2.24) is 19.7 Å². The van der Waals surface area contributed by atoms with Crippen LogP contribution in [0.25, 0.3) is 5.82 Å². The summed E-state index contributed by atoms with van der Waals surface area (Å²) in [5, 5.41) is 7.63. The topological polar surface area (TPSA) is 89.8 Å². The van der Waals surface area contributed by atoms with Crippen molar-refractivity contribution < 1.29 is 8.42 Å². The second-order valence-electron chi connectivity index (χ2n) is 6.53. The monoisotopic (exact) mass is 335 g/mol. The molecule has 2 heterocycles. The van der Waals surface area contributed by atoms with E-state index in [1.807, 2.05) is 19.9 Å². The zero-order chi connectivity index (χ0) is 16.7. The molecule has 2 aromatic rings. The molecule has 2 aromatic heterocycles. The van der Waals surface area contributed by atoms with Crippen molar-refractivity contribution in [1.29, 1.82) is 0 Å². The van der Waals surface area contributed by atoms with Crippen LogP contribution >= 0.6 is 0 Å². The number of aromatic nitrogens is 4. The number of nitrogens with zero attached hydrogens (tertiary/aromatic N) is 4. The van der Waals surface area contributed by atoms with E-state index >= 15 is 0 Å². The van der Waals surface area contributed by atoms with Crippen LogP contribution in [-0.2, 0) is 9.84 Å². The number of aryl methyl sites for hydroxylation is 2. The van der Waals surface area contributed by atoms with E-state index in [1.54, 1.807) is 17.1 Å². The maximum absolute atomic E-state index is 11.5. The minimum absolute atomic E-state index is 0.149. The van der Waals surface area contributed by atoms with E-state index in [0.717, 1.165) is 24.2 Å². The Balaban J connectivity index is 1.73. The van der Waals surface area contributed by atoms with Gasteiger partial charge in [0, 0.05) is 23.9 Å². The Morgan fingerprint density at radius 3 is 2.61 bits per heavy atom. The Labute approximate surface area is 136 Å². The predicted octanol–water partition coefficient (Wildman–Crippen LogP) is 1.52. The standard InChI is InChI=1S/C15H21N5O2S/c1-11-6-12(2)20(19-11)14-8-16-7-13(18-14)17-9-15(4-5-15)10-23(3,21)22/h6-8H,4-5,9-10H2,1-3H3,(H,17,18). The molecule has 0 saturated heterocycles. The lowest BCUT2D eigenvalue weighted by Crippen LogP contribution is -2.24. The van der Waals surface area contributed by atoms with Gasteiger partial charge in [-0.25, -0.2) is 18.1 Å². The van der Waals surface area contributed by atoms with Gasteiger partial charge in [0.1, 0.15) is 15.7 Å². The molecule has 0 amide bonds. The van der Waals surface area contributed by atoms with Crippen LogP contribution in [0.5, 0.6) is 0 Å². The summed E-state index contributed by atoms with van der Waals surface area (Å²) in [6.07, 6.45) is 6.45. The van der Waals surface area contributed by atoms with Gasteiger partial charge in [0.25, 0.3) is 0 Å². The summed E-state index contributed by atoms with van der Waals surface area (Å²) in [6, 6.07) is 1.98. The Bertz CT molecular complexity index is 824. The van der Waals surface area contributed by atoms with Crippen molar-refractivity contribution in [2.75, 3.05) is 23.9 Å². The predicted molar refractivity (Wildman–Crippen MR) is 88.5 cm³/mol. The Morgan fingerprint density at radius 1 is 1.30 bits per heavy atom. The smallest absolute Gasteiger partial charge is 0.174 e. The molecule has 3 rings (SSSR count). The Hall–Kier alpha value is -1.96. The molecule has 1 aliphatic carbocycles. The molecule has 0 bridgehead atoms. The molecule has 0 radical (unpaired) electrons. The molecule has 1 fully saturated rings. The van der Waals surface area contributed by atoms with Gasteiger partial charge in [-0.3, -0.25) is 4.98 Å². The fraction of sp³-hybridized carbons (Fsp3) is 0.533. The van der Waals surface area contributed by atoms with Gasteiger partial charge in [0.05, 0.1) is 23.8 Å².